The summed E-state index contributed by atoms with van der Waals surface area (Å²) in [6.45, 7) is 2.68. The highest BCUT2D eigenvalue weighted by Gasteiger charge is 2.13. The first-order valence-electron chi connectivity index (χ1n) is 11.4. The van der Waals surface area contributed by atoms with Gasteiger partial charge in [0.2, 0.25) is 5.95 Å². The van der Waals surface area contributed by atoms with Crippen molar-refractivity contribution < 1.29 is 28.0 Å². The van der Waals surface area contributed by atoms with Gasteiger partial charge in [-0.15, -0.1) is 15.7 Å². The lowest BCUT2D eigenvalue weighted by Gasteiger charge is -2.13. The number of amides is 1. The number of rotatable bonds is 12. The van der Waals surface area contributed by atoms with Crippen molar-refractivity contribution in [3.05, 3.63) is 48.0 Å². The van der Waals surface area contributed by atoms with Crippen molar-refractivity contribution in [1.82, 2.24) is 9.97 Å². The van der Waals surface area contributed by atoms with E-state index >= 15 is 0 Å². The van der Waals surface area contributed by atoms with E-state index in [1.807, 2.05) is 17.5 Å². The van der Waals surface area contributed by atoms with Gasteiger partial charge in [-0.2, -0.15) is 4.98 Å². The molecule has 198 valence electrons. The van der Waals surface area contributed by atoms with Crippen molar-refractivity contribution in [3.8, 4) is 10.4 Å². The SMILES string of the molecule is CCOC(=O)N=S(C)(=O)c1ccc(Nc2ncc(-c3cccs3)c(NCCC(=O)OCCOC)n2)cc1. The van der Waals surface area contributed by atoms with Crippen molar-refractivity contribution in [2.45, 2.75) is 18.2 Å². The van der Waals surface area contributed by atoms with E-state index in [9.17, 15) is 13.8 Å². The van der Waals surface area contributed by atoms with Crippen molar-refractivity contribution in [3.63, 3.8) is 0 Å². The van der Waals surface area contributed by atoms with Crippen LogP contribution in [0.2, 0.25) is 0 Å². The number of hydrogen-bond acceptors (Lipinski definition) is 11. The zero-order chi connectivity index (χ0) is 26.7. The fourth-order valence-corrected chi connectivity index (χ4v) is 4.87. The van der Waals surface area contributed by atoms with E-state index in [1.54, 1.807) is 55.8 Å². The van der Waals surface area contributed by atoms with Gasteiger partial charge in [-0.25, -0.2) is 14.0 Å². The summed E-state index contributed by atoms with van der Waals surface area (Å²) >= 11 is 1.55. The topological polar surface area (TPSA) is 141 Å². The van der Waals surface area contributed by atoms with Crippen molar-refractivity contribution in [2.75, 3.05) is 50.4 Å². The molecule has 0 bridgehead atoms. The number of nitrogens with zero attached hydrogens (tertiary/aromatic N) is 3. The van der Waals surface area contributed by atoms with Crippen LogP contribution in [-0.2, 0) is 28.7 Å². The van der Waals surface area contributed by atoms with Gasteiger partial charge in [0.25, 0.3) is 0 Å². The first-order chi connectivity index (χ1) is 17.8. The van der Waals surface area contributed by atoms with E-state index in [1.165, 1.54) is 6.26 Å². The summed E-state index contributed by atoms with van der Waals surface area (Å²) in [7, 11) is -1.40. The summed E-state index contributed by atoms with van der Waals surface area (Å²) in [4.78, 5) is 33.9. The van der Waals surface area contributed by atoms with Crippen LogP contribution < -0.4 is 10.6 Å². The van der Waals surface area contributed by atoms with Gasteiger partial charge in [-0.05, 0) is 42.6 Å². The van der Waals surface area contributed by atoms with Gasteiger partial charge in [0.05, 0.1) is 34.9 Å². The second-order valence-electron chi connectivity index (χ2n) is 7.57. The molecule has 0 saturated carbocycles. The van der Waals surface area contributed by atoms with E-state index in [2.05, 4.69) is 25.0 Å². The van der Waals surface area contributed by atoms with Crippen LogP contribution in [-0.4, -0.2) is 66.0 Å². The number of carbonyl (C=O) groups excluding carboxylic acids is 2. The Morgan fingerprint density at radius 1 is 1.14 bits per heavy atom. The molecule has 0 aliphatic carbocycles. The van der Waals surface area contributed by atoms with Crippen LogP contribution in [0.3, 0.4) is 0 Å². The van der Waals surface area contributed by atoms with Crippen molar-refractivity contribution in [1.29, 1.82) is 0 Å². The number of nitrogens with one attached hydrogen (secondary N) is 2. The van der Waals surface area contributed by atoms with E-state index in [4.69, 9.17) is 14.2 Å². The molecule has 1 amide bonds. The number of esters is 1. The van der Waals surface area contributed by atoms with Crippen LogP contribution in [0.25, 0.3) is 10.4 Å². The molecule has 3 rings (SSSR count). The third-order valence-corrected chi connectivity index (χ3v) is 7.36. The highest BCUT2D eigenvalue weighted by molar-refractivity contribution is 7.93. The third kappa shape index (κ3) is 8.51. The Hall–Kier alpha value is -3.55. The Morgan fingerprint density at radius 2 is 1.92 bits per heavy atom. The van der Waals surface area contributed by atoms with Gasteiger partial charge in [-0.3, -0.25) is 4.79 Å². The Bertz CT molecular complexity index is 1310. The predicted octanol–water partition coefficient (Wildman–Crippen LogP) is 4.55. The Balaban J connectivity index is 1.73. The molecule has 2 N–H and O–H groups in total. The minimum atomic E-state index is -2.95. The summed E-state index contributed by atoms with van der Waals surface area (Å²) in [6, 6.07) is 10.5. The lowest BCUT2D eigenvalue weighted by atomic mass is 10.2. The molecule has 0 radical (unpaired) electrons. The minimum absolute atomic E-state index is 0.154. The summed E-state index contributed by atoms with van der Waals surface area (Å²) < 4.78 is 31.2. The van der Waals surface area contributed by atoms with Gasteiger partial charge in [0.15, 0.2) is 0 Å². The maximum Gasteiger partial charge on any atom is 0.442 e. The first kappa shape index (κ1) is 28.0. The molecule has 13 heteroatoms. The molecule has 0 saturated heterocycles. The van der Waals surface area contributed by atoms with Crippen LogP contribution in [0.5, 0.6) is 0 Å². The van der Waals surface area contributed by atoms with E-state index in [-0.39, 0.29) is 25.6 Å². The van der Waals surface area contributed by atoms with Crippen molar-refractivity contribution >= 4 is 50.6 Å². The molecule has 0 aliphatic heterocycles. The molecule has 2 heterocycles. The average molecular weight is 548 g/mol. The number of ether oxygens (including phenoxy) is 3. The molecule has 0 aliphatic rings. The highest BCUT2D eigenvalue weighted by atomic mass is 32.2. The minimum Gasteiger partial charge on any atom is -0.463 e. The molecular formula is C24H29N5O6S2. The first-order valence-corrected chi connectivity index (χ1v) is 14.2. The second kappa shape index (κ2) is 13.7. The van der Waals surface area contributed by atoms with E-state index in [0.29, 0.717) is 35.5 Å². The largest absolute Gasteiger partial charge is 0.463 e. The van der Waals surface area contributed by atoms with Crippen molar-refractivity contribution in [2.24, 2.45) is 4.36 Å². The lowest BCUT2D eigenvalue weighted by Crippen LogP contribution is -2.15. The highest BCUT2D eigenvalue weighted by Crippen LogP contribution is 2.31. The fourth-order valence-electron chi connectivity index (χ4n) is 3.05. The summed E-state index contributed by atoms with van der Waals surface area (Å²) in [5.41, 5.74) is 1.45. The molecule has 11 nitrogen and oxygen atoms in total. The van der Waals surface area contributed by atoms with Gasteiger partial charge < -0.3 is 24.8 Å². The molecule has 0 fully saturated rings. The number of hydrogen-bond donors (Lipinski definition) is 2. The Kier molecular flexibility index (Phi) is 10.4. The quantitative estimate of drug-likeness (QED) is 0.245. The average Bonchev–Trinajstić information content (AvgIpc) is 3.39. The smallest absolute Gasteiger partial charge is 0.442 e. The molecule has 1 atom stereocenters. The maximum atomic E-state index is 12.8. The Morgan fingerprint density at radius 3 is 2.59 bits per heavy atom. The zero-order valence-corrected chi connectivity index (χ0v) is 22.4. The van der Waals surface area contributed by atoms with E-state index < -0.39 is 15.8 Å². The van der Waals surface area contributed by atoms with Crippen LogP contribution in [0.15, 0.2) is 57.2 Å². The monoisotopic (exact) mass is 547 g/mol. The number of aromatic nitrogens is 2. The number of methoxy groups -OCH3 is 1. The van der Waals surface area contributed by atoms with Crippen LogP contribution >= 0.6 is 11.3 Å². The maximum absolute atomic E-state index is 12.8. The summed E-state index contributed by atoms with van der Waals surface area (Å²) in [6.07, 6.45) is 2.38. The molecule has 2 aromatic heterocycles. The Labute approximate surface area is 219 Å². The normalized spacial score (nSPS) is 12.3. The number of anilines is 3. The standard InChI is InChI=1S/C24H29N5O6S2/c1-4-34-24(31)29-37(3,32)18-9-7-17(8-10-18)27-23-26-16-19(20-6-5-15-36-20)22(28-23)25-12-11-21(30)35-14-13-33-2/h5-10,15-16H,4,11-14H2,1-3H3,(H2,25,26,27,28). The molecule has 1 unspecified atom stereocenters. The summed E-state index contributed by atoms with van der Waals surface area (Å²) in [5, 5.41) is 8.26. The molecule has 1 aromatic carbocycles. The molecule has 3 aromatic rings. The number of carbonyl (C=O) groups is 2. The van der Waals surface area contributed by atoms with E-state index in [0.717, 1.165) is 10.4 Å². The fraction of sp³-hybridized carbons (Fsp3) is 0.333. The lowest BCUT2D eigenvalue weighted by molar-refractivity contribution is -0.144. The second-order valence-corrected chi connectivity index (χ2v) is 10.8. The van der Waals surface area contributed by atoms with Gasteiger partial charge >= 0.3 is 12.1 Å². The molecular weight excluding hydrogens is 518 g/mol. The van der Waals surface area contributed by atoms with Gasteiger partial charge in [0.1, 0.15) is 12.4 Å². The summed E-state index contributed by atoms with van der Waals surface area (Å²) in [5.74, 6) is 0.551. The van der Waals surface area contributed by atoms with Crippen LogP contribution in [0.4, 0.5) is 22.2 Å². The predicted molar refractivity (Wildman–Crippen MR) is 143 cm³/mol. The van der Waals surface area contributed by atoms with Crippen LogP contribution in [0.1, 0.15) is 13.3 Å². The van der Waals surface area contributed by atoms with Gasteiger partial charge in [-0.1, -0.05) is 6.07 Å². The zero-order valence-electron chi connectivity index (χ0n) is 20.8. The number of thiophene rings is 1. The third-order valence-electron chi connectivity index (χ3n) is 4.81. The molecule has 37 heavy (non-hydrogen) atoms. The van der Waals surface area contributed by atoms with Crippen LogP contribution in [0, 0.1) is 0 Å². The van der Waals surface area contributed by atoms with Gasteiger partial charge in [0, 0.05) is 41.6 Å². The number of benzene rings is 1. The molecule has 0 spiro atoms.